The molecule has 49 rings (SSSR count). The Morgan fingerprint density at radius 2 is 0.509 bits per heavy atom. The fraction of sp³-hybridized carbons (Fsp3) is 0.982. The average molecular weight is 1510 g/mol. The van der Waals surface area contributed by atoms with Gasteiger partial charge in [-0.15, -0.1) is 0 Å². The first-order chi connectivity index (χ1) is 55.4. The molecule has 49 aliphatic carbocycles. The quantitative estimate of drug-likeness (QED) is 0.168. The molecule has 112 heavy (non-hydrogen) atoms. The third-order valence-corrected chi connectivity index (χ3v) is 52.9. The van der Waals surface area contributed by atoms with Gasteiger partial charge in [0.15, 0.2) is 0 Å². The van der Waals surface area contributed by atoms with E-state index in [0.29, 0.717) is 0 Å². The van der Waals surface area contributed by atoms with Crippen molar-refractivity contribution in [1.82, 2.24) is 0 Å². The van der Waals surface area contributed by atoms with E-state index >= 15 is 0 Å². The Bertz CT molecular complexity index is 3270. The molecule has 610 valence electrons. The molecule has 0 saturated heterocycles. The Balaban J connectivity index is 0.0000000616. The predicted molar refractivity (Wildman–Crippen MR) is 449 cm³/mol. The lowest BCUT2D eigenvalue weighted by atomic mass is 9.01. The van der Waals surface area contributed by atoms with Gasteiger partial charge >= 0.3 is 0 Å². The number of hydrogen-bond donors (Lipinski definition) is 0. The van der Waals surface area contributed by atoms with E-state index in [1.54, 1.807) is 315 Å². The summed E-state index contributed by atoms with van der Waals surface area (Å²) in [5, 5.41) is 0. The van der Waals surface area contributed by atoms with Gasteiger partial charge in [-0.05, 0) is 625 Å². The molecule has 23 atom stereocenters. The molecular weight excluding hydrogens is 1350 g/mol. The summed E-state index contributed by atoms with van der Waals surface area (Å²) in [5.41, 5.74) is 0.906. The van der Waals surface area contributed by atoms with E-state index in [4.69, 9.17) is 0 Å². The second-order valence-corrected chi connectivity index (χ2v) is 54.9. The number of allylic oxidation sites excluding steroid dienone is 2. The Labute approximate surface area is 683 Å². The van der Waals surface area contributed by atoms with Crippen LogP contribution in [0, 0.1) is 349 Å². The lowest BCUT2D eigenvalue weighted by Crippen LogP contribution is -3.00. The molecule has 0 heterocycles. The maximum Gasteiger partial charge on any atom is -0.0171 e. The van der Waals surface area contributed by atoms with Crippen molar-refractivity contribution in [1.29, 1.82) is 0 Å². The summed E-state index contributed by atoms with van der Waals surface area (Å²) < 4.78 is 0. The first kappa shape index (κ1) is 68.2. The summed E-state index contributed by atoms with van der Waals surface area (Å²) in [6.45, 7) is 0. The minimum absolute atomic E-state index is 0.906. The molecule has 23 unspecified atom stereocenters. The van der Waals surface area contributed by atoms with Gasteiger partial charge < -0.3 is 0 Å². The second-order valence-electron chi connectivity index (χ2n) is 54.9. The van der Waals surface area contributed by atoms with E-state index in [2.05, 4.69) is 12.2 Å². The van der Waals surface area contributed by atoms with Crippen molar-refractivity contribution in [3.8, 4) is 0 Å². The highest BCUT2D eigenvalue weighted by Gasteiger charge is 2.98. The fourth-order valence-corrected chi connectivity index (χ4v) is 50.2. The van der Waals surface area contributed by atoms with Crippen LogP contribution in [0.15, 0.2) is 12.2 Å². The molecular formula is C112H162. The van der Waals surface area contributed by atoms with E-state index < -0.39 is 0 Å². The first-order valence-corrected chi connectivity index (χ1v) is 55.1. The third kappa shape index (κ3) is 9.49. The molecule has 49 aliphatic rings. The molecule has 48 fully saturated rings. The van der Waals surface area contributed by atoms with Crippen molar-refractivity contribution in [2.24, 2.45) is 349 Å². The Hall–Kier alpha value is -0.260. The monoisotopic (exact) mass is 1510 g/mol. The lowest BCUT2D eigenvalue weighted by molar-refractivity contribution is -0.565. The topological polar surface area (TPSA) is 0 Å². The SMILES string of the molecule is C12C3C4C1C1C2C3C41.C1=CC2C3CCC(C3)C2C1.C1C2C3C4C1C1C2C2C3C4C12.C1C2CC3C1C3C2.C1C2CC3CC1CC(C2)C3.C1C2CC3CC1CC3C2.C1CC2C3C(C1)C23.C1CC2C3C1C23.C1CC2C3CCC(C3)C2C1.C1CC2CC1C1C3CCC(C3)C21.C1CC2CC3CCCC3(C1)C2.C1CCC2C3CCC2C(C1)C3. The van der Waals surface area contributed by atoms with Crippen molar-refractivity contribution in [2.75, 3.05) is 0 Å². The number of rotatable bonds is 0. The van der Waals surface area contributed by atoms with Gasteiger partial charge in [0.05, 0.1) is 0 Å². The van der Waals surface area contributed by atoms with Crippen molar-refractivity contribution in [3.63, 3.8) is 0 Å². The van der Waals surface area contributed by atoms with Gasteiger partial charge in [0, 0.05) is 0 Å². The van der Waals surface area contributed by atoms with Crippen LogP contribution < -0.4 is 0 Å². The van der Waals surface area contributed by atoms with Crippen LogP contribution in [-0.2, 0) is 0 Å². The van der Waals surface area contributed by atoms with Crippen LogP contribution >= 0.6 is 0 Å². The number of fused-ring (bicyclic) bond motifs is 23. The van der Waals surface area contributed by atoms with Crippen LogP contribution in [0.4, 0.5) is 0 Å². The van der Waals surface area contributed by atoms with Gasteiger partial charge in [0.25, 0.3) is 0 Å². The Morgan fingerprint density at radius 3 is 0.938 bits per heavy atom. The van der Waals surface area contributed by atoms with Crippen molar-refractivity contribution >= 4 is 0 Å². The summed E-state index contributed by atoms with van der Waals surface area (Å²) in [5.74, 6) is 72.0. The molecule has 1 spiro atoms. The first-order valence-electron chi connectivity index (χ1n) is 55.1. The van der Waals surface area contributed by atoms with E-state index in [1.807, 2.05) is 0 Å². The highest BCUT2D eigenvalue weighted by atomic mass is 15.0. The average Bonchev–Trinajstić information content (AvgIpc) is 0.803. The molecule has 0 amide bonds. The van der Waals surface area contributed by atoms with E-state index in [9.17, 15) is 0 Å². The Kier molecular flexibility index (Phi) is 15.0. The van der Waals surface area contributed by atoms with Gasteiger partial charge in [-0.1, -0.05) is 63.5 Å². The zero-order valence-corrected chi connectivity index (χ0v) is 71.2. The smallest absolute Gasteiger partial charge is 0.0171 e. The highest BCUT2D eigenvalue weighted by molar-refractivity contribution is 5.44. The fourth-order valence-electron chi connectivity index (χ4n) is 50.2. The molecule has 0 aromatic carbocycles. The van der Waals surface area contributed by atoms with Gasteiger partial charge in [0.2, 0.25) is 0 Å². The molecule has 32 bridgehead atoms. The molecule has 0 heteroatoms. The molecule has 0 nitrogen and oxygen atoms in total. The van der Waals surface area contributed by atoms with E-state index in [0.717, 1.165) is 35.0 Å². The molecule has 0 aromatic heterocycles. The van der Waals surface area contributed by atoms with E-state index in [-0.39, 0.29) is 0 Å². The lowest BCUT2D eigenvalue weighted by Gasteiger charge is -3.03. The molecule has 0 aliphatic heterocycles. The summed E-state index contributed by atoms with van der Waals surface area (Å²) in [7, 11) is 0. The standard InChI is InChI=1S/C12H18.C11H12.2C11H18.2C10H16.C10H14.C9H14.C8H8.2C7H10.C6H8/c1-2-8-5-7(1)11-9-3-4-10(6-9)12(8)11;1-2-4-6-3(1)7-5(2)9-8(4)10(6)11(7)9;1-3-9-7-10-4-2-6-11(10,5-1)8-9;1-2-4-10-9-5-6-11(10)8(3-1)7-9;1-7-2-9-4-8(1)5-10(3-7)6-9;2*1-2-9-7-4-5-8(6-7)10(9)3-1;1-6-2-8-4-7(1)5-9(8)3-6;1-2-5-3(1)7-4(1)6(2)8(5)7;1-4-2-6-5(1)7(6)3-4;1-2-4-6-5(3-1)7(4)6;1-2-4-5-3(1)6(4)5/h7-12H,1-6H2;2-11H,1H2;9-10H,1-8H2;8-11H,1-7H2;2*7-10H,1-6H2;1-2,7-10H,3-6H2;6-9H,1-5H2;1-8H;2*4-7H,1-3H2;3-6H,1-2H2. The number of hydrogen-bond acceptors (Lipinski definition) is 0. The van der Waals surface area contributed by atoms with Crippen LogP contribution in [0.2, 0.25) is 0 Å². The van der Waals surface area contributed by atoms with Crippen LogP contribution in [0.1, 0.15) is 327 Å². The van der Waals surface area contributed by atoms with Crippen LogP contribution in [-0.4, -0.2) is 0 Å². The van der Waals surface area contributed by atoms with Gasteiger partial charge in [-0.25, -0.2) is 0 Å². The zero-order chi connectivity index (χ0) is 71.5. The molecule has 48 saturated carbocycles. The van der Waals surface area contributed by atoms with Crippen LogP contribution in [0.25, 0.3) is 0 Å². The highest BCUT2D eigenvalue weighted by Crippen LogP contribution is 3.01. The third-order valence-electron chi connectivity index (χ3n) is 52.9. The second kappa shape index (κ2) is 24.6. The normalized spacial score (nSPS) is 68.9. The van der Waals surface area contributed by atoms with Gasteiger partial charge in [-0.2, -0.15) is 0 Å². The molecule has 0 radical (unpaired) electrons. The summed E-state index contributed by atoms with van der Waals surface area (Å²) >= 11 is 0. The summed E-state index contributed by atoms with van der Waals surface area (Å²) in [6, 6.07) is 0. The zero-order valence-electron chi connectivity index (χ0n) is 71.2. The van der Waals surface area contributed by atoms with E-state index in [1.165, 1.54) is 326 Å². The molecule has 0 aromatic rings. The maximum atomic E-state index is 2.49. The van der Waals surface area contributed by atoms with Crippen molar-refractivity contribution < 1.29 is 0 Å². The van der Waals surface area contributed by atoms with Crippen LogP contribution in [0.5, 0.6) is 0 Å². The summed E-state index contributed by atoms with van der Waals surface area (Å²) in [6.07, 6.45) is 86.1. The predicted octanol–water partition coefficient (Wildman–Crippen LogP) is 27.6. The van der Waals surface area contributed by atoms with Crippen molar-refractivity contribution in [2.45, 2.75) is 327 Å². The largest absolute Gasteiger partial charge is 0.0879 e. The van der Waals surface area contributed by atoms with Gasteiger partial charge in [0.1, 0.15) is 0 Å². The van der Waals surface area contributed by atoms with Gasteiger partial charge in [-0.3, -0.25) is 0 Å². The Morgan fingerprint density at radius 1 is 0.170 bits per heavy atom. The van der Waals surface area contributed by atoms with Crippen molar-refractivity contribution in [3.05, 3.63) is 12.2 Å². The maximum absolute atomic E-state index is 2.49. The van der Waals surface area contributed by atoms with Crippen LogP contribution in [0.3, 0.4) is 0 Å². The minimum atomic E-state index is 0.906. The minimum Gasteiger partial charge on any atom is -0.0879 e. The summed E-state index contributed by atoms with van der Waals surface area (Å²) in [4.78, 5) is 0. The molecule has 0 N–H and O–H groups in total.